The normalized spacial score (nSPS) is 23.6. The van der Waals surface area contributed by atoms with E-state index >= 15 is 0 Å². The molecule has 5 heteroatoms. The van der Waals surface area contributed by atoms with Gasteiger partial charge in [-0.2, -0.15) is 0 Å². The molecule has 1 saturated heterocycles. The van der Waals surface area contributed by atoms with Gasteiger partial charge in [-0.1, -0.05) is 22.0 Å². The standard InChI is InChI=1S/C14H20BrNO2S/c1-16(13-5-7-19(17)8-6-13)10-11-3-4-12(15)9-14(11)18-2/h3-4,9,13H,5-8,10H2,1-2H3. The molecule has 1 aromatic rings. The summed E-state index contributed by atoms with van der Waals surface area (Å²) in [6, 6.07) is 6.67. The predicted octanol–water partition coefficient (Wildman–Crippen LogP) is 2.80. The van der Waals surface area contributed by atoms with Crippen molar-refractivity contribution < 1.29 is 8.95 Å². The van der Waals surface area contributed by atoms with Crippen LogP contribution in [0.1, 0.15) is 18.4 Å². The molecule has 1 fully saturated rings. The molecule has 1 heterocycles. The van der Waals surface area contributed by atoms with Gasteiger partial charge in [-0.05, 0) is 32.0 Å². The van der Waals surface area contributed by atoms with E-state index in [1.807, 2.05) is 12.1 Å². The molecule has 0 radical (unpaired) electrons. The highest BCUT2D eigenvalue weighted by Gasteiger charge is 2.22. The minimum atomic E-state index is -0.591. The summed E-state index contributed by atoms with van der Waals surface area (Å²) in [5, 5.41) is 0. The van der Waals surface area contributed by atoms with Gasteiger partial charge in [0.2, 0.25) is 0 Å². The van der Waals surface area contributed by atoms with Gasteiger partial charge in [0.05, 0.1) is 7.11 Å². The summed E-state index contributed by atoms with van der Waals surface area (Å²) in [6.07, 6.45) is 2.06. The Balaban J connectivity index is 2.02. The largest absolute Gasteiger partial charge is 0.496 e. The zero-order valence-corrected chi connectivity index (χ0v) is 13.8. The lowest BCUT2D eigenvalue weighted by molar-refractivity contribution is 0.217. The molecule has 106 valence electrons. The summed E-state index contributed by atoms with van der Waals surface area (Å²) in [7, 11) is 3.25. The Morgan fingerprint density at radius 2 is 2.11 bits per heavy atom. The summed E-state index contributed by atoms with van der Waals surface area (Å²) in [5.41, 5.74) is 1.19. The molecule has 1 aromatic carbocycles. The number of halogens is 1. The molecule has 19 heavy (non-hydrogen) atoms. The Labute approximate surface area is 125 Å². The van der Waals surface area contributed by atoms with Crippen molar-refractivity contribution >= 4 is 26.7 Å². The summed E-state index contributed by atoms with van der Waals surface area (Å²) < 4.78 is 17.9. The fraction of sp³-hybridized carbons (Fsp3) is 0.571. The van der Waals surface area contributed by atoms with Gasteiger partial charge in [0.1, 0.15) is 5.75 Å². The van der Waals surface area contributed by atoms with Crippen molar-refractivity contribution in [1.29, 1.82) is 0 Å². The molecule has 1 aliphatic rings. The molecule has 0 unspecified atom stereocenters. The highest BCUT2D eigenvalue weighted by molar-refractivity contribution is 9.10. The van der Waals surface area contributed by atoms with Crippen LogP contribution in [0.5, 0.6) is 5.75 Å². The third kappa shape index (κ3) is 4.04. The summed E-state index contributed by atoms with van der Waals surface area (Å²) >= 11 is 3.46. The Morgan fingerprint density at radius 3 is 2.74 bits per heavy atom. The van der Waals surface area contributed by atoms with Crippen molar-refractivity contribution in [1.82, 2.24) is 4.90 Å². The molecular weight excluding hydrogens is 326 g/mol. The smallest absolute Gasteiger partial charge is 0.124 e. The number of hydrogen-bond donors (Lipinski definition) is 0. The van der Waals surface area contributed by atoms with Gasteiger partial charge < -0.3 is 4.74 Å². The van der Waals surface area contributed by atoms with Gasteiger partial charge >= 0.3 is 0 Å². The lowest BCUT2D eigenvalue weighted by Crippen LogP contribution is -2.37. The maximum absolute atomic E-state index is 11.4. The van der Waals surface area contributed by atoms with E-state index in [0.717, 1.165) is 41.1 Å². The monoisotopic (exact) mass is 345 g/mol. The van der Waals surface area contributed by atoms with Gasteiger partial charge in [0.25, 0.3) is 0 Å². The molecule has 3 nitrogen and oxygen atoms in total. The van der Waals surface area contributed by atoms with Crippen LogP contribution in [0.3, 0.4) is 0 Å². The molecule has 2 rings (SSSR count). The predicted molar refractivity (Wildman–Crippen MR) is 83.1 cm³/mol. The first-order chi connectivity index (χ1) is 9.10. The van der Waals surface area contributed by atoms with E-state index in [0.29, 0.717) is 6.04 Å². The zero-order chi connectivity index (χ0) is 13.8. The average molecular weight is 346 g/mol. The van der Waals surface area contributed by atoms with Crippen molar-refractivity contribution in [2.24, 2.45) is 0 Å². The number of benzene rings is 1. The lowest BCUT2D eigenvalue weighted by Gasteiger charge is -2.31. The van der Waals surface area contributed by atoms with Crippen molar-refractivity contribution in [2.45, 2.75) is 25.4 Å². The minimum Gasteiger partial charge on any atom is -0.496 e. The van der Waals surface area contributed by atoms with Crippen LogP contribution in [-0.2, 0) is 17.3 Å². The molecule has 0 aromatic heterocycles. The lowest BCUT2D eigenvalue weighted by atomic mass is 10.1. The Morgan fingerprint density at radius 1 is 1.42 bits per heavy atom. The zero-order valence-electron chi connectivity index (χ0n) is 11.4. The number of rotatable bonds is 4. The molecule has 0 spiro atoms. The Bertz CT molecular complexity index is 457. The maximum atomic E-state index is 11.4. The minimum absolute atomic E-state index is 0.533. The van der Waals surface area contributed by atoms with Gasteiger partial charge in [-0.3, -0.25) is 9.11 Å². The molecule has 0 N–H and O–H groups in total. The van der Waals surface area contributed by atoms with Crippen molar-refractivity contribution in [3.8, 4) is 5.75 Å². The van der Waals surface area contributed by atoms with E-state index in [1.54, 1.807) is 7.11 Å². The van der Waals surface area contributed by atoms with E-state index in [2.05, 4.69) is 33.9 Å². The highest BCUT2D eigenvalue weighted by Crippen LogP contribution is 2.26. The second-order valence-electron chi connectivity index (χ2n) is 4.95. The first-order valence-corrected chi connectivity index (χ1v) is 8.76. The Kier molecular flexibility index (Phi) is 5.42. The van der Waals surface area contributed by atoms with Crippen LogP contribution in [0, 0.1) is 0 Å². The van der Waals surface area contributed by atoms with Gasteiger partial charge in [0, 0.05) is 44.9 Å². The molecule has 1 aliphatic heterocycles. The van der Waals surface area contributed by atoms with Crippen LogP contribution in [0.15, 0.2) is 22.7 Å². The first-order valence-electron chi connectivity index (χ1n) is 6.48. The molecule has 0 bridgehead atoms. The fourth-order valence-corrected chi connectivity index (χ4v) is 4.08. The maximum Gasteiger partial charge on any atom is 0.124 e. The van der Waals surface area contributed by atoms with Gasteiger partial charge in [0.15, 0.2) is 0 Å². The van der Waals surface area contributed by atoms with Crippen LogP contribution < -0.4 is 4.74 Å². The van der Waals surface area contributed by atoms with Crippen LogP contribution in [0.4, 0.5) is 0 Å². The van der Waals surface area contributed by atoms with Gasteiger partial charge in [-0.25, -0.2) is 0 Å². The topological polar surface area (TPSA) is 29.5 Å². The second kappa shape index (κ2) is 6.86. The average Bonchev–Trinajstić information content (AvgIpc) is 2.41. The molecule has 0 aliphatic carbocycles. The van der Waals surface area contributed by atoms with E-state index in [4.69, 9.17) is 4.74 Å². The second-order valence-corrected chi connectivity index (χ2v) is 7.56. The third-order valence-electron chi connectivity index (χ3n) is 3.65. The van der Waals surface area contributed by atoms with E-state index in [-0.39, 0.29) is 0 Å². The molecule has 0 saturated carbocycles. The summed E-state index contributed by atoms with van der Waals surface area (Å²) in [5.74, 6) is 2.60. The summed E-state index contributed by atoms with van der Waals surface area (Å²) in [4.78, 5) is 2.35. The van der Waals surface area contributed by atoms with Crippen LogP contribution >= 0.6 is 15.9 Å². The van der Waals surface area contributed by atoms with E-state index < -0.39 is 10.8 Å². The fourth-order valence-electron chi connectivity index (χ4n) is 2.47. The number of nitrogens with zero attached hydrogens (tertiary/aromatic N) is 1. The highest BCUT2D eigenvalue weighted by atomic mass is 79.9. The van der Waals surface area contributed by atoms with Crippen molar-refractivity contribution in [3.05, 3.63) is 28.2 Å². The molecule has 0 atom stereocenters. The number of ether oxygens (including phenoxy) is 1. The van der Waals surface area contributed by atoms with Crippen LogP contribution in [-0.4, -0.2) is 40.8 Å². The number of hydrogen-bond acceptors (Lipinski definition) is 3. The summed E-state index contributed by atoms with van der Waals surface area (Å²) in [6.45, 7) is 0.869. The van der Waals surface area contributed by atoms with Crippen LogP contribution in [0.2, 0.25) is 0 Å². The Hall–Kier alpha value is -0.390. The van der Waals surface area contributed by atoms with Crippen molar-refractivity contribution in [3.63, 3.8) is 0 Å². The van der Waals surface area contributed by atoms with Gasteiger partial charge in [-0.15, -0.1) is 0 Å². The third-order valence-corrected chi connectivity index (χ3v) is 5.53. The first kappa shape index (κ1) is 15.0. The molecule has 0 amide bonds. The quantitative estimate of drug-likeness (QED) is 0.840. The number of methoxy groups -OCH3 is 1. The van der Waals surface area contributed by atoms with E-state index in [9.17, 15) is 4.21 Å². The molecular formula is C14H20BrNO2S. The van der Waals surface area contributed by atoms with Crippen LogP contribution in [0.25, 0.3) is 0 Å². The van der Waals surface area contributed by atoms with Crippen molar-refractivity contribution in [2.75, 3.05) is 25.7 Å². The SMILES string of the molecule is COc1cc(Br)ccc1CN(C)C1CCS(=O)CC1. The van der Waals surface area contributed by atoms with E-state index in [1.165, 1.54) is 5.56 Å².